The highest BCUT2D eigenvalue weighted by Gasteiger charge is 2.11. The average Bonchev–Trinajstić information content (AvgIpc) is 3.03. The number of carboxylic acid groups (broad SMARTS) is 1. The summed E-state index contributed by atoms with van der Waals surface area (Å²) >= 11 is 0. The van der Waals surface area contributed by atoms with Gasteiger partial charge in [0.05, 0.1) is 19.8 Å². The van der Waals surface area contributed by atoms with Gasteiger partial charge in [0.15, 0.2) is 0 Å². The molecule has 0 aliphatic carbocycles. The molecule has 1 amide bonds. The molecule has 0 rings (SSSR count). The maximum Gasteiger partial charge on any atom is 0.431 e. The van der Waals surface area contributed by atoms with Crippen molar-refractivity contribution in [2.75, 3.05) is 26.3 Å². The molecule has 8 nitrogen and oxygen atoms in total. The molecule has 0 unspecified atom stereocenters. The monoisotopic (exact) mass is 643 g/mol. The summed E-state index contributed by atoms with van der Waals surface area (Å²) in [6, 6.07) is 0. The number of amides is 1. The van der Waals surface area contributed by atoms with Crippen LogP contribution in [0.3, 0.4) is 0 Å². The molecule has 0 aromatic rings. The maximum absolute atomic E-state index is 11.4. The van der Waals surface area contributed by atoms with Gasteiger partial charge in [-0.15, -0.1) is 0 Å². The third-order valence-corrected chi connectivity index (χ3v) is 7.99. The number of hydrogen-bond acceptors (Lipinski definition) is 6. The summed E-state index contributed by atoms with van der Waals surface area (Å²) in [5.41, 5.74) is 5.41. The quantitative estimate of drug-likeness (QED) is 0.0310. The van der Waals surface area contributed by atoms with Crippen LogP contribution in [0.5, 0.6) is 0 Å². The number of nitrogens with zero attached hydrogens (tertiary/aromatic N) is 1. The lowest BCUT2D eigenvalue weighted by Crippen LogP contribution is -2.31. The predicted octanol–water partition coefficient (Wildman–Crippen LogP) is 10.5. The van der Waals surface area contributed by atoms with Crippen molar-refractivity contribution in [2.45, 2.75) is 194 Å². The van der Waals surface area contributed by atoms with Crippen LogP contribution in [-0.2, 0) is 19.2 Å². The zero-order valence-corrected chi connectivity index (χ0v) is 29.7. The molecule has 0 bridgehead atoms. The Bertz CT molecular complexity index is 620. The molecule has 0 heterocycles. The van der Waals surface area contributed by atoms with Crippen LogP contribution in [0.25, 0.3) is 0 Å². The Labute approximate surface area is 277 Å². The van der Waals surface area contributed by atoms with E-state index in [9.17, 15) is 14.4 Å². The summed E-state index contributed by atoms with van der Waals surface area (Å²) in [5.74, 6) is -0.0389. The third-order valence-electron chi connectivity index (χ3n) is 7.99. The second-order valence-electron chi connectivity index (χ2n) is 12.4. The Morgan fingerprint density at radius 1 is 0.600 bits per heavy atom. The number of hydrogen-bond donors (Lipinski definition) is 2. The van der Waals surface area contributed by atoms with E-state index in [-0.39, 0.29) is 5.97 Å². The van der Waals surface area contributed by atoms with E-state index in [4.69, 9.17) is 20.4 Å². The first-order valence-corrected chi connectivity index (χ1v) is 19.0. The Kier molecular flexibility index (Phi) is 40.8. The van der Waals surface area contributed by atoms with Crippen LogP contribution in [0.4, 0.5) is 4.79 Å². The van der Waals surface area contributed by atoms with Gasteiger partial charge < -0.3 is 20.4 Å². The Morgan fingerprint density at radius 2 is 1.04 bits per heavy atom. The molecule has 0 saturated heterocycles. The molecule has 8 heteroatoms. The molecule has 0 aromatic carbocycles. The van der Waals surface area contributed by atoms with Crippen LogP contribution in [0.2, 0.25) is 0 Å². The summed E-state index contributed by atoms with van der Waals surface area (Å²) in [7, 11) is 0. The zero-order chi connectivity index (χ0) is 33.5. The molecule has 0 fully saturated rings. The van der Waals surface area contributed by atoms with E-state index in [0.717, 1.165) is 69.1 Å². The summed E-state index contributed by atoms with van der Waals surface area (Å²) in [4.78, 5) is 38.0. The van der Waals surface area contributed by atoms with Crippen molar-refractivity contribution in [1.82, 2.24) is 5.06 Å². The van der Waals surface area contributed by atoms with E-state index in [0.29, 0.717) is 39.1 Å². The minimum absolute atomic E-state index is 0.0389. The van der Waals surface area contributed by atoms with Gasteiger partial charge in [0.1, 0.15) is 6.29 Å². The van der Waals surface area contributed by atoms with E-state index in [1.54, 1.807) is 0 Å². The molecule has 0 spiro atoms. The first-order chi connectivity index (χ1) is 22.0. The number of esters is 1. The van der Waals surface area contributed by atoms with Crippen molar-refractivity contribution < 1.29 is 29.1 Å². The minimum atomic E-state index is -1.03. The molecule has 0 saturated carbocycles. The van der Waals surface area contributed by atoms with Crippen LogP contribution < -0.4 is 5.73 Å². The molecular formula is C37H74N2O6. The summed E-state index contributed by atoms with van der Waals surface area (Å²) in [6.07, 6.45) is 31.9. The number of carbonyl (C=O) groups is 3. The van der Waals surface area contributed by atoms with Gasteiger partial charge in [0.25, 0.3) is 0 Å². The van der Waals surface area contributed by atoms with Gasteiger partial charge in [0, 0.05) is 12.8 Å². The SMILES string of the molecule is CCCCCCCCCCCCOC(=O)CCCCCN.CCCCCCCCCCCCON(CCCCCC=O)C(=O)O. The topological polar surface area (TPSA) is 119 Å². The van der Waals surface area contributed by atoms with Crippen molar-refractivity contribution in [2.24, 2.45) is 5.73 Å². The van der Waals surface area contributed by atoms with Gasteiger partial charge in [0.2, 0.25) is 0 Å². The highest BCUT2D eigenvalue weighted by Crippen LogP contribution is 2.12. The minimum Gasteiger partial charge on any atom is -0.466 e. The first-order valence-electron chi connectivity index (χ1n) is 19.0. The van der Waals surface area contributed by atoms with Gasteiger partial charge in [-0.3, -0.25) is 9.63 Å². The summed E-state index contributed by atoms with van der Waals surface area (Å²) in [6.45, 7) is 6.66. The lowest BCUT2D eigenvalue weighted by Gasteiger charge is -2.18. The average molecular weight is 643 g/mol. The standard InChI is InChI=1S/C19H37NO4.C18H37NO2/c1-2-3-4-5-6-7-8-9-12-15-18-24-20(19(22)23)16-13-10-11-14-17-21;1-2-3-4-5-6-7-8-9-10-14-17-21-18(20)15-12-11-13-16-19/h17H,2-16,18H2,1H3,(H,22,23);2-17,19H2,1H3. The first kappa shape index (κ1) is 45.5. The van der Waals surface area contributed by atoms with Crippen LogP contribution in [0.15, 0.2) is 0 Å². The summed E-state index contributed by atoms with van der Waals surface area (Å²) < 4.78 is 5.22. The smallest absolute Gasteiger partial charge is 0.431 e. The largest absolute Gasteiger partial charge is 0.466 e. The van der Waals surface area contributed by atoms with Gasteiger partial charge in [-0.05, 0) is 45.1 Å². The Morgan fingerprint density at radius 3 is 1.51 bits per heavy atom. The van der Waals surface area contributed by atoms with E-state index >= 15 is 0 Å². The number of aldehydes is 1. The summed E-state index contributed by atoms with van der Waals surface area (Å²) in [5, 5.41) is 10.1. The Hall–Kier alpha value is -1.67. The molecule has 0 aliphatic heterocycles. The lowest BCUT2D eigenvalue weighted by atomic mass is 10.1. The second-order valence-corrected chi connectivity index (χ2v) is 12.4. The number of hydroxylamine groups is 2. The van der Waals surface area contributed by atoms with Gasteiger partial charge in [-0.25, -0.2) is 4.79 Å². The zero-order valence-electron chi connectivity index (χ0n) is 29.7. The van der Waals surface area contributed by atoms with E-state index in [1.807, 2.05) is 0 Å². The molecule has 0 aromatic heterocycles. The Balaban J connectivity index is 0. The maximum atomic E-state index is 11.4. The fourth-order valence-corrected chi connectivity index (χ4v) is 5.08. The highest BCUT2D eigenvalue weighted by atomic mass is 16.7. The van der Waals surface area contributed by atoms with Crippen molar-refractivity contribution in [3.8, 4) is 0 Å². The van der Waals surface area contributed by atoms with E-state index < -0.39 is 6.09 Å². The third kappa shape index (κ3) is 40.3. The number of nitrogens with two attached hydrogens (primary N) is 1. The van der Waals surface area contributed by atoms with Crippen LogP contribution in [-0.4, -0.2) is 54.8 Å². The van der Waals surface area contributed by atoms with Gasteiger partial charge >= 0.3 is 12.1 Å². The van der Waals surface area contributed by atoms with Gasteiger partial charge in [-0.2, -0.15) is 5.06 Å². The fraction of sp³-hybridized carbons (Fsp3) is 0.919. The lowest BCUT2D eigenvalue weighted by molar-refractivity contribution is -0.143. The van der Waals surface area contributed by atoms with Crippen molar-refractivity contribution >= 4 is 18.3 Å². The molecule has 3 N–H and O–H groups in total. The van der Waals surface area contributed by atoms with Crippen LogP contribution in [0, 0.1) is 0 Å². The van der Waals surface area contributed by atoms with E-state index in [2.05, 4.69) is 13.8 Å². The number of ether oxygens (including phenoxy) is 1. The van der Waals surface area contributed by atoms with Crippen LogP contribution in [0.1, 0.15) is 194 Å². The second kappa shape index (κ2) is 40.4. The van der Waals surface area contributed by atoms with Crippen LogP contribution >= 0.6 is 0 Å². The number of unbranched alkanes of at least 4 members (excludes halogenated alkanes) is 23. The highest BCUT2D eigenvalue weighted by molar-refractivity contribution is 5.69. The molecule has 0 atom stereocenters. The predicted molar refractivity (Wildman–Crippen MR) is 187 cm³/mol. The normalized spacial score (nSPS) is 10.7. The molecule has 45 heavy (non-hydrogen) atoms. The number of carbonyl (C=O) groups excluding carboxylic acids is 2. The molecule has 0 aliphatic rings. The van der Waals surface area contributed by atoms with Gasteiger partial charge in [-0.1, -0.05) is 142 Å². The van der Waals surface area contributed by atoms with Crippen molar-refractivity contribution in [3.05, 3.63) is 0 Å². The van der Waals surface area contributed by atoms with Crippen molar-refractivity contribution in [1.29, 1.82) is 0 Å². The number of rotatable bonds is 34. The molecular weight excluding hydrogens is 568 g/mol. The molecule has 268 valence electrons. The van der Waals surface area contributed by atoms with E-state index in [1.165, 1.54) is 109 Å². The fourth-order valence-electron chi connectivity index (χ4n) is 5.08. The van der Waals surface area contributed by atoms with Crippen molar-refractivity contribution in [3.63, 3.8) is 0 Å². The molecule has 0 radical (unpaired) electrons.